The fraction of sp³-hybridized carbons (Fsp3) is 0.571. The van der Waals surface area contributed by atoms with E-state index in [1.165, 1.54) is 12.1 Å². The number of nitrogens with one attached hydrogen (secondary N) is 1. The van der Waals surface area contributed by atoms with E-state index in [9.17, 15) is 9.18 Å². The highest BCUT2D eigenvalue weighted by molar-refractivity contribution is 5.89. The van der Waals surface area contributed by atoms with E-state index < -0.39 is 5.95 Å². The van der Waals surface area contributed by atoms with Crippen LogP contribution in [-0.2, 0) is 4.79 Å². The van der Waals surface area contributed by atoms with E-state index in [4.69, 9.17) is 5.73 Å². The normalized spacial score (nSPS) is 12.2. The molecule has 0 bridgehead atoms. The zero-order chi connectivity index (χ0) is 14.1. The summed E-state index contributed by atoms with van der Waals surface area (Å²) >= 11 is 0. The summed E-state index contributed by atoms with van der Waals surface area (Å²) in [6, 6.07) is 4.34. The maximum Gasteiger partial charge on any atom is 0.225 e. The fourth-order valence-electron chi connectivity index (χ4n) is 2.10. The summed E-state index contributed by atoms with van der Waals surface area (Å²) in [7, 11) is 0. The van der Waals surface area contributed by atoms with Crippen molar-refractivity contribution in [2.24, 2.45) is 11.7 Å². The number of nitrogens with two attached hydrogens (primary N) is 1. The summed E-state index contributed by atoms with van der Waals surface area (Å²) in [6.45, 7) is 2.78. The Hall–Kier alpha value is -1.49. The van der Waals surface area contributed by atoms with E-state index in [0.29, 0.717) is 18.9 Å². The van der Waals surface area contributed by atoms with Gasteiger partial charge in [0.15, 0.2) is 0 Å². The lowest BCUT2D eigenvalue weighted by atomic mass is 9.94. The van der Waals surface area contributed by atoms with Gasteiger partial charge >= 0.3 is 0 Å². The molecule has 1 unspecified atom stereocenters. The number of carbonyl (C=O) groups is 1. The maximum atomic E-state index is 12.9. The summed E-state index contributed by atoms with van der Waals surface area (Å²) in [5, 5.41) is 2.60. The number of rotatable bonds is 8. The third-order valence-corrected chi connectivity index (χ3v) is 3.03. The average molecular weight is 267 g/mol. The molecule has 1 aromatic rings. The second-order valence-electron chi connectivity index (χ2n) is 4.66. The summed E-state index contributed by atoms with van der Waals surface area (Å²) in [6.07, 6.45) is 4.36. The Kier molecular flexibility index (Phi) is 7.03. The molecule has 3 N–H and O–H groups in total. The van der Waals surface area contributed by atoms with Crippen molar-refractivity contribution in [1.29, 1.82) is 0 Å². The van der Waals surface area contributed by atoms with Gasteiger partial charge in [-0.2, -0.15) is 4.39 Å². The smallest absolute Gasteiger partial charge is 0.225 e. The zero-order valence-corrected chi connectivity index (χ0v) is 11.4. The van der Waals surface area contributed by atoms with Crippen molar-refractivity contribution in [3.63, 3.8) is 0 Å². The number of pyridine rings is 1. The largest absolute Gasteiger partial charge is 0.330 e. The van der Waals surface area contributed by atoms with Gasteiger partial charge in [0, 0.05) is 6.42 Å². The number of halogens is 1. The van der Waals surface area contributed by atoms with Crippen LogP contribution in [0.5, 0.6) is 0 Å². The Morgan fingerprint density at radius 3 is 2.84 bits per heavy atom. The minimum Gasteiger partial charge on any atom is -0.330 e. The standard InChI is InChI=1S/C14H22FN3O/c1-2-4-11(9-10-16)7-8-14(19)18-13-6-3-5-12(15)17-13/h3,5-6,11H,2,4,7-10,16H2,1H3,(H,17,18,19). The first-order valence-electron chi connectivity index (χ1n) is 6.78. The van der Waals surface area contributed by atoms with E-state index in [-0.39, 0.29) is 11.7 Å². The molecule has 1 amide bonds. The maximum absolute atomic E-state index is 12.9. The lowest BCUT2D eigenvalue weighted by Gasteiger charge is -2.14. The first-order valence-corrected chi connectivity index (χ1v) is 6.78. The van der Waals surface area contributed by atoms with Crippen molar-refractivity contribution in [1.82, 2.24) is 4.98 Å². The Morgan fingerprint density at radius 1 is 1.42 bits per heavy atom. The Bertz CT molecular complexity index is 392. The molecule has 1 rings (SSSR count). The molecule has 4 nitrogen and oxygen atoms in total. The second-order valence-corrected chi connectivity index (χ2v) is 4.66. The van der Waals surface area contributed by atoms with E-state index in [1.807, 2.05) is 0 Å². The number of aromatic nitrogens is 1. The van der Waals surface area contributed by atoms with Crippen LogP contribution in [-0.4, -0.2) is 17.4 Å². The number of anilines is 1. The third kappa shape index (κ3) is 6.29. The first-order chi connectivity index (χ1) is 9.15. The van der Waals surface area contributed by atoms with Gasteiger partial charge in [0.2, 0.25) is 11.9 Å². The summed E-state index contributed by atoms with van der Waals surface area (Å²) < 4.78 is 12.9. The minimum absolute atomic E-state index is 0.128. The van der Waals surface area contributed by atoms with E-state index in [2.05, 4.69) is 17.2 Å². The highest BCUT2D eigenvalue weighted by Crippen LogP contribution is 2.17. The number of hydrogen-bond donors (Lipinski definition) is 2. The van der Waals surface area contributed by atoms with Gasteiger partial charge in [-0.3, -0.25) is 4.79 Å². The van der Waals surface area contributed by atoms with E-state index in [0.717, 1.165) is 25.7 Å². The molecular weight excluding hydrogens is 245 g/mol. The monoisotopic (exact) mass is 267 g/mol. The quantitative estimate of drug-likeness (QED) is 0.712. The molecule has 106 valence electrons. The van der Waals surface area contributed by atoms with Gasteiger partial charge in [-0.1, -0.05) is 25.8 Å². The molecule has 0 radical (unpaired) electrons. The number of nitrogens with zero attached hydrogens (tertiary/aromatic N) is 1. The Labute approximate surface area is 113 Å². The molecule has 0 aliphatic carbocycles. The van der Waals surface area contributed by atoms with Gasteiger partial charge in [0.25, 0.3) is 0 Å². The van der Waals surface area contributed by atoms with Crippen molar-refractivity contribution < 1.29 is 9.18 Å². The molecule has 5 heteroatoms. The summed E-state index contributed by atoms with van der Waals surface area (Å²) in [5.74, 6) is 0.0260. The number of carbonyl (C=O) groups excluding carboxylic acids is 1. The third-order valence-electron chi connectivity index (χ3n) is 3.03. The average Bonchev–Trinajstić information content (AvgIpc) is 2.36. The minimum atomic E-state index is -0.593. The van der Waals surface area contributed by atoms with Crippen molar-refractivity contribution in [2.75, 3.05) is 11.9 Å². The Morgan fingerprint density at radius 2 is 2.21 bits per heavy atom. The van der Waals surface area contributed by atoms with Gasteiger partial charge < -0.3 is 11.1 Å². The molecule has 0 aliphatic heterocycles. The fourth-order valence-corrected chi connectivity index (χ4v) is 2.10. The molecule has 19 heavy (non-hydrogen) atoms. The Balaban J connectivity index is 2.38. The molecular formula is C14H22FN3O. The van der Waals surface area contributed by atoms with Crippen LogP contribution in [0.25, 0.3) is 0 Å². The van der Waals surface area contributed by atoms with Gasteiger partial charge in [-0.15, -0.1) is 0 Å². The highest BCUT2D eigenvalue weighted by atomic mass is 19.1. The lowest BCUT2D eigenvalue weighted by Crippen LogP contribution is -2.16. The molecule has 0 aliphatic rings. The van der Waals surface area contributed by atoms with Gasteiger partial charge in [-0.05, 0) is 37.4 Å². The van der Waals surface area contributed by atoms with Crippen LogP contribution in [0.4, 0.5) is 10.2 Å². The molecule has 0 saturated carbocycles. The summed E-state index contributed by atoms with van der Waals surface area (Å²) in [5.41, 5.74) is 5.55. The second kappa shape index (κ2) is 8.58. The van der Waals surface area contributed by atoms with Crippen molar-refractivity contribution in [3.05, 3.63) is 24.1 Å². The van der Waals surface area contributed by atoms with E-state index in [1.54, 1.807) is 6.07 Å². The van der Waals surface area contributed by atoms with Gasteiger partial charge in [0.1, 0.15) is 5.82 Å². The lowest BCUT2D eigenvalue weighted by molar-refractivity contribution is -0.116. The van der Waals surface area contributed by atoms with Crippen LogP contribution < -0.4 is 11.1 Å². The van der Waals surface area contributed by atoms with Crippen molar-refractivity contribution >= 4 is 11.7 Å². The molecule has 0 spiro atoms. The number of amides is 1. The molecule has 1 aromatic heterocycles. The van der Waals surface area contributed by atoms with Crippen LogP contribution >= 0.6 is 0 Å². The van der Waals surface area contributed by atoms with Crippen LogP contribution in [0.1, 0.15) is 39.0 Å². The van der Waals surface area contributed by atoms with E-state index >= 15 is 0 Å². The van der Waals surface area contributed by atoms with Crippen LogP contribution in [0.15, 0.2) is 18.2 Å². The molecule has 1 atom stereocenters. The molecule has 1 heterocycles. The number of hydrogen-bond acceptors (Lipinski definition) is 3. The van der Waals surface area contributed by atoms with Gasteiger partial charge in [-0.25, -0.2) is 4.98 Å². The predicted octanol–water partition coefficient (Wildman–Crippen LogP) is 2.70. The van der Waals surface area contributed by atoms with Crippen molar-refractivity contribution in [2.45, 2.75) is 39.0 Å². The topological polar surface area (TPSA) is 68.0 Å². The summed E-state index contributed by atoms with van der Waals surface area (Å²) in [4.78, 5) is 15.3. The molecule has 0 aromatic carbocycles. The molecule has 0 fully saturated rings. The first kappa shape index (κ1) is 15.6. The zero-order valence-electron chi connectivity index (χ0n) is 11.4. The van der Waals surface area contributed by atoms with Crippen LogP contribution in [0.2, 0.25) is 0 Å². The SMILES string of the molecule is CCCC(CCN)CCC(=O)Nc1cccc(F)n1. The van der Waals surface area contributed by atoms with Gasteiger partial charge in [0.05, 0.1) is 0 Å². The van der Waals surface area contributed by atoms with Crippen LogP contribution in [0.3, 0.4) is 0 Å². The highest BCUT2D eigenvalue weighted by Gasteiger charge is 2.10. The van der Waals surface area contributed by atoms with Crippen molar-refractivity contribution in [3.8, 4) is 0 Å². The predicted molar refractivity (Wildman–Crippen MR) is 74.1 cm³/mol. The van der Waals surface area contributed by atoms with Crippen LogP contribution in [0, 0.1) is 11.9 Å². The molecule has 0 saturated heterocycles.